The Hall–Kier alpha value is -1.09. The summed E-state index contributed by atoms with van der Waals surface area (Å²) >= 11 is 0. The standard InChI is InChI=1S/C12H19N3/c1-10-4-2-3-7-15(10)12-6-5-11(8-13)9-14-12/h5-6,9-10H,2-4,7-8,13H2,1H3/t10-/m1/s1. The summed E-state index contributed by atoms with van der Waals surface area (Å²) < 4.78 is 0. The number of nitrogens with two attached hydrogens (primary N) is 1. The average molecular weight is 205 g/mol. The number of rotatable bonds is 2. The number of anilines is 1. The van der Waals surface area contributed by atoms with Crippen molar-refractivity contribution in [3.63, 3.8) is 0 Å². The fraction of sp³-hybridized carbons (Fsp3) is 0.583. The SMILES string of the molecule is C[C@@H]1CCCCN1c1ccc(CN)cn1. The molecule has 0 bridgehead atoms. The van der Waals surface area contributed by atoms with Gasteiger partial charge in [-0.2, -0.15) is 0 Å². The molecule has 1 aliphatic rings. The Morgan fingerprint density at radius 1 is 1.47 bits per heavy atom. The molecule has 1 aromatic rings. The second-order valence-electron chi connectivity index (χ2n) is 4.27. The minimum atomic E-state index is 0.572. The number of aromatic nitrogens is 1. The molecule has 2 N–H and O–H groups in total. The summed E-state index contributed by atoms with van der Waals surface area (Å²) in [6.07, 6.45) is 5.79. The van der Waals surface area contributed by atoms with E-state index < -0.39 is 0 Å². The lowest BCUT2D eigenvalue weighted by atomic mass is 10.0. The highest BCUT2D eigenvalue weighted by Crippen LogP contribution is 2.22. The van der Waals surface area contributed by atoms with E-state index in [1.165, 1.54) is 19.3 Å². The normalized spacial score (nSPS) is 21.7. The summed E-state index contributed by atoms with van der Waals surface area (Å²) in [4.78, 5) is 6.86. The van der Waals surface area contributed by atoms with E-state index in [4.69, 9.17) is 5.73 Å². The van der Waals surface area contributed by atoms with Gasteiger partial charge in [0.15, 0.2) is 0 Å². The predicted molar refractivity (Wildman–Crippen MR) is 62.8 cm³/mol. The van der Waals surface area contributed by atoms with E-state index in [0.29, 0.717) is 12.6 Å². The quantitative estimate of drug-likeness (QED) is 0.802. The van der Waals surface area contributed by atoms with E-state index >= 15 is 0 Å². The maximum Gasteiger partial charge on any atom is 0.128 e. The van der Waals surface area contributed by atoms with Crippen LogP contribution in [0.3, 0.4) is 0 Å². The molecule has 0 unspecified atom stereocenters. The molecule has 1 atom stereocenters. The molecule has 1 saturated heterocycles. The predicted octanol–water partition coefficient (Wildman–Crippen LogP) is 1.92. The Morgan fingerprint density at radius 3 is 2.93 bits per heavy atom. The number of hydrogen-bond acceptors (Lipinski definition) is 3. The van der Waals surface area contributed by atoms with Gasteiger partial charge in [-0.05, 0) is 37.8 Å². The van der Waals surface area contributed by atoms with Crippen molar-refractivity contribution < 1.29 is 0 Å². The molecule has 0 amide bonds. The maximum absolute atomic E-state index is 5.55. The molecule has 3 heteroatoms. The summed E-state index contributed by atoms with van der Waals surface area (Å²) in [6, 6.07) is 4.78. The van der Waals surface area contributed by atoms with Gasteiger partial charge in [0.25, 0.3) is 0 Å². The van der Waals surface area contributed by atoms with Crippen LogP contribution in [-0.2, 0) is 6.54 Å². The Labute approximate surface area is 91.3 Å². The highest BCUT2D eigenvalue weighted by Gasteiger charge is 2.18. The first-order valence-corrected chi connectivity index (χ1v) is 5.73. The smallest absolute Gasteiger partial charge is 0.128 e. The molecule has 2 rings (SSSR count). The van der Waals surface area contributed by atoms with Crippen LogP contribution in [0.25, 0.3) is 0 Å². The Balaban J connectivity index is 2.13. The number of pyridine rings is 1. The Morgan fingerprint density at radius 2 is 2.33 bits per heavy atom. The molecule has 0 radical (unpaired) electrons. The van der Waals surface area contributed by atoms with Crippen LogP contribution >= 0.6 is 0 Å². The van der Waals surface area contributed by atoms with Crippen molar-refractivity contribution in [2.24, 2.45) is 5.73 Å². The zero-order valence-corrected chi connectivity index (χ0v) is 9.32. The molecule has 0 saturated carbocycles. The van der Waals surface area contributed by atoms with Gasteiger partial charge in [0.2, 0.25) is 0 Å². The monoisotopic (exact) mass is 205 g/mol. The topological polar surface area (TPSA) is 42.1 Å². The zero-order chi connectivity index (χ0) is 10.7. The molecule has 2 heterocycles. The highest BCUT2D eigenvalue weighted by atomic mass is 15.2. The first-order valence-electron chi connectivity index (χ1n) is 5.73. The summed E-state index contributed by atoms with van der Waals surface area (Å²) in [7, 11) is 0. The van der Waals surface area contributed by atoms with Gasteiger partial charge in [-0.15, -0.1) is 0 Å². The second kappa shape index (κ2) is 4.62. The molecule has 82 valence electrons. The highest BCUT2D eigenvalue weighted by molar-refractivity contribution is 5.40. The Kier molecular flexibility index (Phi) is 3.21. The molecule has 3 nitrogen and oxygen atoms in total. The van der Waals surface area contributed by atoms with Crippen LogP contribution in [0.15, 0.2) is 18.3 Å². The van der Waals surface area contributed by atoms with Gasteiger partial charge in [-0.25, -0.2) is 4.98 Å². The van der Waals surface area contributed by atoms with Gasteiger partial charge in [0, 0.05) is 25.3 Å². The van der Waals surface area contributed by atoms with E-state index in [0.717, 1.165) is 17.9 Å². The number of piperidine rings is 1. The molecular formula is C12H19N3. The second-order valence-corrected chi connectivity index (χ2v) is 4.27. The van der Waals surface area contributed by atoms with Crippen molar-refractivity contribution >= 4 is 5.82 Å². The lowest BCUT2D eigenvalue weighted by Gasteiger charge is -2.34. The van der Waals surface area contributed by atoms with Gasteiger partial charge >= 0.3 is 0 Å². The zero-order valence-electron chi connectivity index (χ0n) is 9.32. The fourth-order valence-electron chi connectivity index (χ4n) is 2.15. The van der Waals surface area contributed by atoms with Gasteiger partial charge < -0.3 is 10.6 Å². The third-order valence-electron chi connectivity index (χ3n) is 3.14. The van der Waals surface area contributed by atoms with Crippen LogP contribution < -0.4 is 10.6 Å². The van der Waals surface area contributed by atoms with E-state index in [-0.39, 0.29) is 0 Å². The van der Waals surface area contributed by atoms with Gasteiger partial charge in [0.1, 0.15) is 5.82 Å². The van der Waals surface area contributed by atoms with Crippen molar-refractivity contribution in [2.75, 3.05) is 11.4 Å². The summed E-state index contributed by atoms with van der Waals surface area (Å²) in [6.45, 7) is 3.98. The van der Waals surface area contributed by atoms with Crippen molar-refractivity contribution in [3.05, 3.63) is 23.9 Å². The lowest BCUT2D eigenvalue weighted by Crippen LogP contribution is -2.37. The molecule has 1 aromatic heterocycles. The number of hydrogen-bond donors (Lipinski definition) is 1. The molecular weight excluding hydrogens is 186 g/mol. The van der Waals surface area contributed by atoms with Gasteiger partial charge in [0.05, 0.1) is 0 Å². The maximum atomic E-state index is 5.55. The van der Waals surface area contributed by atoms with Gasteiger partial charge in [-0.3, -0.25) is 0 Å². The molecule has 1 fully saturated rings. The van der Waals surface area contributed by atoms with E-state index in [1.54, 1.807) is 0 Å². The minimum absolute atomic E-state index is 0.572. The van der Waals surface area contributed by atoms with Crippen molar-refractivity contribution in [3.8, 4) is 0 Å². The Bertz CT molecular complexity index is 307. The fourth-order valence-corrected chi connectivity index (χ4v) is 2.15. The van der Waals surface area contributed by atoms with Gasteiger partial charge in [-0.1, -0.05) is 6.07 Å². The molecule has 1 aliphatic heterocycles. The summed E-state index contributed by atoms with van der Waals surface area (Å²) in [5.74, 6) is 1.10. The largest absolute Gasteiger partial charge is 0.354 e. The minimum Gasteiger partial charge on any atom is -0.354 e. The van der Waals surface area contributed by atoms with E-state index in [9.17, 15) is 0 Å². The van der Waals surface area contributed by atoms with Crippen LogP contribution in [0, 0.1) is 0 Å². The molecule has 0 aliphatic carbocycles. The third-order valence-corrected chi connectivity index (χ3v) is 3.14. The van der Waals surface area contributed by atoms with E-state index in [1.807, 2.05) is 6.20 Å². The first kappa shape index (κ1) is 10.4. The molecule has 0 aromatic carbocycles. The summed E-state index contributed by atoms with van der Waals surface area (Å²) in [5.41, 5.74) is 6.65. The third kappa shape index (κ3) is 2.29. The van der Waals surface area contributed by atoms with Crippen molar-refractivity contribution in [1.82, 2.24) is 4.98 Å². The molecule has 15 heavy (non-hydrogen) atoms. The van der Waals surface area contributed by atoms with Crippen LogP contribution in [0.1, 0.15) is 31.7 Å². The van der Waals surface area contributed by atoms with Crippen LogP contribution in [0.2, 0.25) is 0 Å². The lowest BCUT2D eigenvalue weighted by molar-refractivity contribution is 0.481. The van der Waals surface area contributed by atoms with E-state index in [2.05, 4.69) is 28.9 Å². The number of nitrogens with zero attached hydrogens (tertiary/aromatic N) is 2. The van der Waals surface area contributed by atoms with Crippen molar-refractivity contribution in [2.45, 2.75) is 38.8 Å². The van der Waals surface area contributed by atoms with Crippen LogP contribution in [0.5, 0.6) is 0 Å². The molecule has 0 spiro atoms. The van der Waals surface area contributed by atoms with Crippen LogP contribution in [-0.4, -0.2) is 17.6 Å². The first-order chi connectivity index (χ1) is 7.31. The average Bonchev–Trinajstić information content (AvgIpc) is 2.30. The van der Waals surface area contributed by atoms with Crippen LogP contribution in [0.4, 0.5) is 5.82 Å². The van der Waals surface area contributed by atoms with Crippen molar-refractivity contribution in [1.29, 1.82) is 0 Å². The summed E-state index contributed by atoms with van der Waals surface area (Å²) in [5, 5.41) is 0.